The van der Waals surface area contributed by atoms with Crippen LogP contribution in [-0.4, -0.2) is 41.9 Å². The number of hydrogen-bond donors (Lipinski definition) is 1. The lowest BCUT2D eigenvalue weighted by Crippen LogP contribution is -2.38. The third-order valence-electron chi connectivity index (χ3n) is 2.83. The van der Waals surface area contributed by atoms with Crippen molar-refractivity contribution >= 4 is 27.3 Å². The van der Waals surface area contributed by atoms with Crippen LogP contribution in [-0.2, 0) is 10.0 Å². The van der Waals surface area contributed by atoms with Gasteiger partial charge in [0.25, 0.3) is 5.69 Å². The lowest BCUT2D eigenvalue weighted by atomic mass is 10.3. The molecule has 0 heterocycles. The molecule has 0 unspecified atom stereocenters. The van der Waals surface area contributed by atoms with Crippen LogP contribution in [0.25, 0.3) is 0 Å². The van der Waals surface area contributed by atoms with E-state index >= 15 is 0 Å². The monoisotopic (exact) mass is 336 g/mol. The van der Waals surface area contributed by atoms with Crippen molar-refractivity contribution in [2.75, 3.05) is 13.2 Å². The number of nitro groups is 1. The van der Waals surface area contributed by atoms with Gasteiger partial charge in [0.2, 0.25) is 10.0 Å². The number of non-ortho nitro benzene ring substituents is 1. The van der Waals surface area contributed by atoms with Gasteiger partial charge in [0.05, 0.1) is 9.95 Å². The quantitative estimate of drug-likeness (QED) is 0.606. The number of halogens is 1. The molecule has 1 aromatic rings. The van der Waals surface area contributed by atoms with Crippen LogP contribution in [0.4, 0.5) is 5.69 Å². The first-order valence-corrected chi connectivity index (χ1v) is 8.10. The SMILES string of the molecule is CC(C)N(CCCO)S(=O)(=O)c1ccc([N+](=O)[O-])cc1Cl. The lowest BCUT2D eigenvalue weighted by Gasteiger charge is -2.26. The predicted octanol–water partition coefficient (Wildman–Crippen LogP) is 2.03. The molecule has 7 nitrogen and oxygen atoms in total. The zero-order chi connectivity index (χ0) is 16.2. The highest BCUT2D eigenvalue weighted by atomic mass is 35.5. The Labute approximate surface area is 128 Å². The van der Waals surface area contributed by atoms with Crippen LogP contribution in [0.1, 0.15) is 20.3 Å². The van der Waals surface area contributed by atoms with E-state index in [1.54, 1.807) is 13.8 Å². The van der Waals surface area contributed by atoms with Gasteiger partial charge in [0.1, 0.15) is 4.90 Å². The van der Waals surface area contributed by atoms with Gasteiger partial charge in [-0.05, 0) is 26.3 Å². The van der Waals surface area contributed by atoms with E-state index in [2.05, 4.69) is 0 Å². The molecule has 1 aromatic carbocycles. The Balaban J connectivity index is 3.25. The van der Waals surface area contributed by atoms with Crippen molar-refractivity contribution in [2.24, 2.45) is 0 Å². The summed E-state index contributed by atoms with van der Waals surface area (Å²) in [6.45, 7) is 3.42. The highest BCUT2D eigenvalue weighted by Crippen LogP contribution is 2.29. The molecule has 0 atom stereocenters. The fourth-order valence-corrected chi connectivity index (χ4v) is 4.01. The second-order valence-electron chi connectivity index (χ2n) is 4.66. The van der Waals surface area contributed by atoms with Gasteiger partial charge < -0.3 is 5.11 Å². The number of hydrogen-bond acceptors (Lipinski definition) is 5. The molecule has 0 saturated heterocycles. The highest BCUT2D eigenvalue weighted by molar-refractivity contribution is 7.89. The van der Waals surface area contributed by atoms with Crippen LogP contribution in [0.5, 0.6) is 0 Å². The molecule has 0 spiro atoms. The molecule has 0 aliphatic carbocycles. The molecular formula is C12H17ClN2O5S. The molecular weight excluding hydrogens is 320 g/mol. The van der Waals surface area contributed by atoms with Gasteiger partial charge in [-0.15, -0.1) is 0 Å². The summed E-state index contributed by atoms with van der Waals surface area (Å²) in [6, 6.07) is 2.92. The maximum Gasteiger partial charge on any atom is 0.271 e. The zero-order valence-electron chi connectivity index (χ0n) is 11.7. The Hall–Kier alpha value is -1.22. The van der Waals surface area contributed by atoms with E-state index in [9.17, 15) is 18.5 Å². The van der Waals surface area contributed by atoms with Gasteiger partial charge in [-0.25, -0.2) is 8.42 Å². The summed E-state index contributed by atoms with van der Waals surface area (Å²) in [6.07, 6.45) is 0.294. The molecule has 0 aromatic heterocycles. The molecule has 0 fully saturated rings. The second kappa shape index (κ2) is 7.17. The van der Waals surface area contributed by atoms with Crippen LogP contribution in [0.2, 0.25) is 5.02 Å². The Kier molecular flexibility index (Phi) is 6.09. The standard InChI is InChI=1S/C12H17ClN2O5S/c1-9(2)14(6-3-7-16)21(19,20)12-5-4-10(15(17)18)8-11(12)13/h4-5,8-9,16H,3,6-7H2,1-2H3. The third-order valence-corrected chi connectivity index (χ3v) is 5.38. The van der Waals surface area contributed by atoms with E-state index < -0.39 is 14.9 Å². The summed E-state index contributed by atoms with van der Waals surface area (Å²) in [5.74, 6) is 0. The summed E-state index contributed by atoms with van der Waals surface area (Å²) in [4.78, 5) is 9.83. The normalized spacial score (nSPS) is 12.1. The largest absolute Gasteiger partial charge is 0.396 e. The first kappa shape index (κ1) is 17.8. The average Bonchev–Trinajstić information content (AvgIpc) is 2.37. The molecule has 0 radical (unpaired) electrons. The number of rotatable bonds is 7. The first-order chi connectivity index (χ1) is 9.71. The molecule has 1 N–H and O–H groups in total. The van der Waals surface area contributed by atoms with Crippen LogP contribution < -0.4 is 0 Å². The second-order valence-corrected chi connectivity index (χ2v) is 6.92. The van der Waals surface area contributed by atoms with Crippen molar-refractivity contribution in [3.63, 3.8) is 0 Å². The summed E-state index contributed by atoms with van der Waals surface area (Å²) in [5.41, 5.74) is -0.273. The van der Waals surface area contributed by atoms with Crippen molar-refractivity contribution in [2.45, 2.75) is 31.2 Å². The van der Waals surface area contributed by atoms with Crippen LogP contribution in [0.3, 0.4) is 0 Å². The highest BCUT2D eigenvalue weighted by Gasteiger charge is 2.29. The first-order valence-electron chi connectivity index (χ1n) is 6.28. The van der Waals surface area contributed by atoms with Crippen LogP contribution in [0, 0.1) is 10.1 Å². The number of benzene rings is 1. The summed E-state index contributed by atoms with van der Waals surface area (Å²) < 4.78 is 26.3. The Morgan fingerprint density at radius 1 is 1.43 bits per heavy atom. The van der Waals surface area contributed by atoms with Crippen molar-refractivity contribution < 1.29 is 18.4 Å². The summed E-state index contributed by atoms with van der Waals surface area (Å²) >= 11 is 5.88. The van der Waals surface area contributed by atoms with Crippen molar-refractivity contribution in [1.29, 1.82) is 0 Å². The number of sulfonamides is 1. The smallest absolute Gasteiger partial charge is 0.271 e. The number of aliphatic hydroxyl groups excluding tert-OH is 1. The topological polar surface area (TPSA) is 101 Å². The molecule has 1 rings (SSSR count). The molecule has 9 heteroatoms. The number of aliphatic hydroxyl groups is 1. The molecule has 0 aliphatic rings. The van der Waals surface area contributed by atoms with Gasteiger partial charge in [-0.1, -0.05) is 11.6 Å². The minimum absolute atomic E-state index is 0.132. The maximum atomic E-state index is 12.6. The van der Waals surface area contributed by atoms with Gasteiger partial charge in [-0.2, -0.15) is 4.31 Å². The fraction of sp³-hybridized carbons (Fsp3) is 0.500. The summed E-state index contributed by atoms with van der Waals surface area (Å²) in [5, 5.41) is 19.3. The molecule has 21 heavy (non-hydrogen) atoms. The van der Waals surface area contributed by atoms with Crippen molar-refractivity contribution in [1.82, 2.24) is 4.31 Å². The summed E-state index contributed by atoms with van der Waals surface area (Å²) in [7, 11) is -3.88. The number of nitro benzene ring substituents is 1. The van der Waals surface area contributed by atoms with Crippen molar-refractivity contribution in [3.05, 3.63) is 33.3 Å². The average molecular weight is 337 g/mol. The van der Waals surface area contributed by atoms with Crippen LogP contribution in [0.15, 0.2) is 23.1 Å². The Bertz CT molecular complexity index is 618. The van der Waals surface area contributed by atoms with E-state index in [0.717, 1.165) is 18.2 Å². The van der Waals surface area contributed by atoms with E-state index in [-0.39, 0.29) is 34.8 Å². The molecule has 0 bridgehead atoms. The predicted molar refractivity (Wildman–Crippen MR) is 78.8 cm³/mol. The number of nitrogens with zero attached hydrogens (tertiary/aromatic N) is 2. The fourth-order valence-electron chi connectivity index (χ4n) is 1.82. The van der Waals surface area contributed by atoms with Gasteiger partial charge in [0, 0.05) is 31.3 Å². The van der Waals surface area contributed by atoms with Crippen LogP contribution >= 0.6 is 11.6 Å². The van der Waals surface area contributed by atoms with E-state index in [4.69, 9.17) is 16.7 Å². The lowest BCUT2D eigenvalue weighted by molar-refractivity contribution is -0.384. The third kappa shape index (κ3) is 4.13. The Morgan fingerprint density at radius 3 is 2.48 bits per heavy atom. The minimum Gasteiger partial charge on any atom is -0.396 e. The van der Waals surface area contributed by atoms with Gasteiger partial charge in [0.15, 0.2) is 0 Å². The maximum absolute atomic E-state index is 12.6. The van der Waals surface area contributed by atoms with E-state index in [0.29, 0.717) is 6.42 Å². The molecule has 0 aliphatic heterocycles. The molecule has 0 amide bonds. The van der Waals surface area contributed by atoms with E-state index in [1.807, 2.05) is 0 Å². The van der Waals surface area contributed by atoms with Crippen molar-refractivity contribution in [3.8, 4) is 0 Å². The zero-order valence-corrected chi connectivity index (χ0v) is 13.3. The van der Waals surface area contributed by atoms with Gasteiger partial charge >= 0.3 is 0 Å². The molecule has 0 saturated carbocycles. The Morgan fingerprint density at radius 2 is 2.05 bits per heavy atom. The van der Waals surface area contributed by atoms with E-state index in [1.165, 1.54) is 4.31 Å². The minimum atomic E-state index is -3.88. The van der Waals surface area contributed by atoms with Gasteiger partial charge in [-0.3, -0.25) is 10.1 Å². The molecule has 118 valence electrons.